The summed E-state index contributed by atoms with van der Waals surface area (Å²) >= 11 is 0. The molecule has 2 aromatic carbocycles. The van der Waals surface area contributed by atoms with Crippen molar-refractivity contribution in [2.75, 3.05) is 0 Å². The molecule has 0 amide bonds. The van der Waals surface area contributed by atoms with Crippen LogP contribution in [0.4, 0.5) is 17.3 Å². The van der Waals surface area contributed by atoms with Crippen molar-refractivity contribution in [2.24, 2.45) is 7.05 Å². The number of rotatable bonds is 2. The van der Waals surface area contributed by atoms with E-state index in [1.54, 1.807) is 0 Å². The lowest BCUT2D eigenvalue weighted by Crippen LogP contribution is -2.33. The largest absolute Gasteiger partial charge is 0.673 e. The van der Waals surface area contributed by atoms with Crippen molar-refractivity contribution in [3.63, 3.8) is 0 Å². The highest BCUT2D eigenvalue weighted by Crippen LogP contribution is 2.15. The molecular formula is C15H14BF4N3. The van der Waals surface area contributed by atoms with Crippen LogP contribution in [0, 0.1) is 0 Å². The van der Waals surface area contributed by atoms with Crippen molar-refractivity contribution in [1.29, 1.82) is 0 Å². The van der Waals surface area contributed by atoms with Gasteiger partial charge in [0.25, 0.3) is 0 Å². The SMILES string of the molecule is C[n+]1nn(-c2ccccc2)cc1-c1ccccc1.F[B-](F)(F)F. The Bertz CT molecular complexity index is 736. The third kappa shape index (κ3) is 5.25. The van der Waals surface area contributed by atoms with E-state index >= 15 is 0 Å². The van der Waals surface area contributed by atoms with E-state index in [2.05, 4.69) is 17.3 Å². The predicted octanol–water partition coefficient (Wildman–Crippen LogP) is 3.66. The minimum atomic E-state index is -6.00. The van der Waals surface area contributed by atoms with Crippen molar-refractivity contribution in [3.05, 3.63) is 66.9 Å². The first-order valence-electron chi connectivity index (χ1n) is 6.79. The second-order valence-corrected chi connectivity index (χ2v) is 4.67. The Balaban J connectivity index is 0.000000338. The van der Waals surface area contributed by atoms with Crippen LogP contribution < -0.4 is 4.68 Å². The standard InChI is InChI=1S/C15H14N3.BF4/c1-17-15(13-8-4-2-5-9-13)12-18(16-17)14-10-6-3-7-11-14;2-1(3,4)5/h2-12H,1H3;/q+1;-1. The monoisotopic (exact) mass is 323 g/mol. The Hall–Kier alpha value is -2.64. The molecule has 0 fully saturated rings. The van der Waals surface area contributed by atoms with Gasteiger partial charge in [0.1, 0.15) is 7.05 Å². The summed E-state index contributed by atoms with van der Waals surface area (Å²) in [6.45, 7) is 0. The normalized spacial score (nSPS) is 10.8. The number of benzene rings is 2. The van der Waals surface area contributed by atoms with Crippen LogP contribution in [0.1, 0.15) is 0 Å². The summed E-state index contributed by atoms with van der Waals surface area (Å²) in [5.41, 5.74) is 3.33. The van der Waals surface area contributed by atoms with Gasteiger partial charge in [-0.1, -0.05) is 48.5 Å². The number of para-hydroxylation sites is 1. The highest BCUT2D eigenvalue weighted by Gasteiger charge is 2.20. The Morgan fingerprint density at radius 3 is 1.87 bits per heavy atom. The van der Waals surface area contributed by atoms with Crippen LogP contribution in [-0.4, -0.2) is 17.1 Å². The minimum Gasteiger partial charge on any atom is -0.418 e. The van der Waals surface area contributed by atoms with E-state index in [0.29, 0.717) is 0 Å². The van der Waals surface area contributed by atoms with Gasteiger partial charge in [-0.25, -0.2) is 0 Å². The molecule has 0 unspecified atom stereocenters. The van der Waals surface area contributed by atoms with Gasteiger partial charge in [-0.15, -0.1) is 9.36 Å². The van der Waals surface area contributed by atoms with E-state index < -0.39 is 7.25 Å². The third-order valence-electron chi connectivity index (χ3n) is 2.91. The zero-order valence-electron chi connectivity index (χ0n) is 12.3. The topological polar surface area (TPSA) is 21.7 Å². The van der Waals surface area contributed by atoms with Crippen LogP contribution >= 0.6 is 0 Å². The molecule has 3 aromatic rings. The molecule has 1 aromatic heterocycles. The van der Waals surface area contributed by atoms with Gasteiger partial charge >= 0.3 is 7.25 Å². The van der Waals surface area contributed by atoms with E-state index in [1.807, 2.05) is 71.1 Å². The van der Waals surface area contributed by atoms with E-state index in [9.17, 15) is 17.3 Å². The Morgan fingerprint density at radius 1 is 0.870 bits per heavy atom. The average molecular weight is 323 g/mol. The number of aryl methyl sites for hydroxylation is 1. The molecule has 0 spiro atoms. The summed E-state index contributed by atoms with van der Waals surface area (Å²) in [6, 6.07) is 20.4. The first kappa shape index (κ1) is 16.7. The molecule has 3 nitrogen and oxygen atoms in total. The summed E-state index contributed by atoms with van der Waals surface area (Å²) in [4.78, 5) is 0. The first-order chi connectivity index (χ1) is 10.8. The fourth-order valence-corrected chi connectivity index (χ4v) is 2.00. The first-order valence-corrected chi connectivity index (χ1v) is 6.79. The van der Waals surface area contributed by atoms with Gasteiger partial charge in [0.05, 0.1) is 5.21 Å². The molecule has 120 valence electrons. The van der Waals surface area contributed by atoms with Crippen molar-refractivity contribution in [1.82, 2.24) is 9.90 Å². The summed E-state index contributed by atoms with van der Waals surface area (Å²) in [5.74, 6) is 0. The maximum Gasteiger partial charge on any atom is 0.673 e. The quantitative estimate of drug-likeness (QED) is 0.401. The molecule has 0 aliphatic rings. The van der Waals surface area contributed by atoms with Gasteiger partial charge in [-0.05, 0) is 12.1 Å². The zero-order valence-corrected chi connectivity index (χ0v) is 12.3. The Labute approximate surface area is 130 Å². The molecule has 0 aliphatic carbocycles. The molecule has 0 aliphatic heterocycles. The maximum atomic E-state index is 9.75. The molecule has 23 heavy (non-hydrogen) atoms. The number of halogens is 4. The Kier molecular flexibility index (Phi) is 5.15. The molecule has 3 rings (SSSR count). The van der Waals surface area contributed by atoms with E-state index in [1.165, 1.54) is 5.56 Å². The van der Waals surface area contributed by atoms with Crippen molar-refractivity contribution in [2.45, 2.75) is 0 Å². The molecule has 0 radical (unpaired) electrons. The molecule has 0 saturated carbocycles. The lowest BCUT2D eigenvalue weighted by Gasteiger charge is -1.94. The maximum absolute atomic E-state index is 9.75. The number of hydrogen-bond acceptors (Lipinski definition) is 1. The van der Waals surface area contributed by atoms with E-state index in [4.69, 9.17) is 0 Å². The van der Waals surface area contributed by atoms with E-state index in [0.717, 1.165) is 11.4 Å². The number of nitrogens with zero attached hydrogens (tertiary/aromatic N) is 3. The summed E-state index contributed by atoms with van der Waals surface area (Å²) in [6.07, 6.45) is 2.05. The second-order valence-electron chi connectivity index (χ2n) is 4.67. The lowest BCUT2D eigenvalue weighted by atomic mass is 10.2. The lowest BCUT2D eigenvalue weighted by molar-refractivity contribution is -0.721. The van der Waals surface area contributed by atoms with Gasteiger partial charge in [-0.3, -0.25) is 0 Å². The van der Waals surface area contributed by atoms with Gasteiger partial charge in [0, 0.05) is 5.56 Å². The van der Waals surface area contributed by atoms with Gasteiger partial charge in [0.15, 0.2) is 17.6 Å². The fraction of sp³-hybridized carbons (Fsp3) is 0.0667. The predicted molar refractivity (Wildman–Crippen MR) is 80.4 cm³/mol. The van der Waals surface area contributed by atoms with Crippen LogP contribution in [0.2, 0.25) is 0 Å². The molecule has 0 N–H and O–H groups in total. The number of aromatic nitrogens is 3. The molecular weight excluding hydrogens is 309 g/mol. The van der Waals surface area contributed by atoms with Gasteiger partial charge in [0.2, 0.25) is 0 Å². The van der Waals surface area contributed by atoms with Crippen molar-refractivity contribution < 1.29 is 21.9 Å². The van der Waals surface area contributed by atoms with Crippen LogP contribution in [0.15, 0.2) is 66.9 Å². The molecule has 0 saturated heterocycles. The summed E-state index contributed by atoms with van der Waals surface area (Å²) in [5, 5.41) is 4.49. The molecule has 0 atom stereocenters. The van der Waals surface area contributed by atoms with Crippen LogP contribution in [0.5, 0.6) is 0 Å². The highest BCUT2D eigenvalue weighted by molar-refractivity contribution is 6.50. The Morgan fingerprint density at radius 2 is 1.35 bits per heavy atom. The van der Waals surface area contributed by atoms with Crippen molar-refractivity contribution >= 4 is 7.25 Å². The second kappa shape index (κ2) is 7.08. The van der Waals surface area contributed by atoms with Gasteiger partial charge in [-0.2, -0.15) is 0 Å². The average Bonchev–Trinajstić information content (AvgIpc) is 2.89. The summed E-state index contributed by atoms with van der Waals surface area (Å²) in [7, 11) is -4.04. The van der Waals surface area contributed by atoms with Crippen LogP contribution in [0.3, 0.4) is 0 Å². The fourth-order valence-electron chi connectivity index (χ4n) is 2.00. The minimum absolute atomic E-state index is 1.07. The highest BCUT2D eigenvalue weighted by atomic mass is 19.5. The molecule has 0 bridgehead atoms. The van der Waals surface area contributed by atoms with Crippen LogP contribution in [0.25, 0.3) is 16.9 Å². The third-order valence-corrected chi connectivity index (χ3v) is 2.91. The van der Waals surface area contributed by atoms with Crippen LogP contribution in [-0.2, 0) is 7.05 Å². The zero-order chi connectivity index (χ0) is 16.9. The van der Waals surface area contributed by atoms with Gasteiger partial charge < -0.3 is 17.3 Å². The number of hydrogen-bond donors (Lipinski definition) is 0. The van der Waals surface area contributed by atoms with Crippen molar-refractivity contribution in [3.8, 4) is 16.9 Å². The smallest absolute Gasteiger partial charge is 0.418 e. The molecule has 8 heteroatoms. The summed E-state index contributed by atoms with van der Waals surface area (Å²) < 4.78 is 42.8. The van der Waals surface area contributed by atoms with E-state index in [-0.39, 0.29) is 0 Å². The molecule has 1 heterocycles.